The summed E-state index contributed by atoms with van der Waals surface area (Å²) >= 11 is 0. The molecule has 0 spiro atoms. The van der Waals surface area contributed by atoms with E-state index in [1.807, 2.05) is 13.0 Å². The number of nitrogens with one attached hydrogen (secondary N) is 1. The highest BCUT2D eigenvalue weighted by atomic mass is 19.1. The maximum absolute atomic E-state index is 13.6. The Balaban J connectivity index is 2.78. The Kier molecular flexibility index (Phi) is 4.97. The smallest absolute Gasteiger partial charge is 0.128 e. The highest BCUT2D eigenvalue weighted by molar-refractivity contribution is 5.26. The van der Waals surface area contributed by atoms with Crippen LogP contribution in [0.2, 0.25) is 0 Å². The summed E-state index contributed by atoms with van der Waals surface area (Å²) < 4.78 is 13.6. The van der Waals surface area contributed by atoms with E-state index < -0.39 is 0 Å². The van der Waals surface area contributed by atoms with Crippen LogP contribution in [0.25, 0.3) is 0 Å². The average Bonchev–Trinajstić information content (AvgIpc) is 2.28. The van der Waals surface area contributed by atoms with Crippen LogP contribution in [-0.4, -0.2) is 0 Å². The summed E-state index contributed by atoms with van der Waals surface area (Å²) in [6.07, 6.45) is 7.43. The van der Waals surface area contributed by atoms with Crippen molar-refractivity contribution in [3.05, 3.63) is 35.1 Å². The van der Waals surface area contributed by atoms with Crippen LogP contribution >= 0.6 is 0 Å². The summed E-state index contributed by atoms with van der Waals surface area (Å²) in [5.41, 5.74) is 4.27. The predicted molar refractivity (Wildman–Crippen MR) is 63.9 cm³/mol. The summed E-state index contributed by atoms with van der Waals surface area (Å²) in [6.45, 7) is 1.93. The monoisotopic (exact) mass is 220 g/mol. The average molecular weight is 220 g/mol. The molecule has 0 bridgehead atoms. The molecule has 0 saturated heterocycles. The Hall–Kier alpha value is -1.37. The molecule has 0 aliphatic carbocycles. The molecular weight excluding hydrogens is 203 g/mol. The lowest BCUT2D eigenvalue weighted by Crippen LogP contribution is -2.28. The fourth-order valence-corrected chi connectivity index (χ4v) is 1.67. The van der Waals surface area contributed by atoms with Crippen LogP contribution in [0.5, 0.6) is 0 Å². The Labute approximate surface area is 96.0 Å². The van der Waals surface area contributed by atoms with Crippen LogP contribution < -0.4 is 11.3 Å². The molecule has 3 heteroatoms. The zero-order valence-corrected chi connectivity index (χ0v) is 9.46. The molecule has 0 radical (unpaired) electrons. The second-order valence-corrected chi connectivity index (χ2v) is 3.84. The van der Waals surface area contributed by atoms with E-state index in [0.717, 1.165) is 18.4 Å². The number of rotatable bonds is 5. The fraction of sp³-hybridized carbons (Fsp3) is 0.385. The van der Waals surface area contributed by atoms with Gasteiger partial charge in [-0.05, 0) is 25.8 Å². The zero-order valence-electron chi connectivity index (χ0n) is 9.46. The van der Waals surface area contributed by atoms with Crippen LogP contribution in [0.1, 0.15) is 36.4 Å². The molecule has 1 rings (SSSR count). The number of hydrazine groups is 1. The Morgan fingerprint density at radius 2 is 2.31 bits per heavy atom. The van der Waals surface area contributed by atoms with Crippen LogP contribution in [0.3, 0.4) is 0 Å². The van der Waals surface area contributed by atoms with Crippen molar-refractivity contribution >= 4 is 0 Å². The molecule has 1 atom stereocenters. The highest BCUT2D eigenvalue weighted by Gasteiger charge is 2.13. The Morgan fingerprint density at radius 3 is 2.94 bits per heavy atom. The maximum atomic E-state index is 13.6. The Bertz CT molecular complexity index is 382. The SMILES string of the molecule is C#CCCCC(NN)c1cc(C)ccc1F. The van der Waals surface area contributed by atoms with Crippen molar-refractivity contribution in [1.29, 1.82) is 0 Å². The van der Waals surface area contributed by atoms with Gasteiger partial charge in [0.05, 0.1) is 0 Å². The molecule has 1 aromatic carbocycles. The molecule has 0 aliphatic heterocycles. The van der Waals surface area contributed by atoms with Gasteiger partial charge in [-0.25, -0.2) is 4.39 Å². The first-order valence-corrected chi connectivity index (χ1v) is 5.34. The number of nitrogens with two attached hydrogens (primary N) is 1. The molecule has 1 unspecified atom stereocenters. The minimum absolute atomic E-state index is 0.173. The number of aryl methyl sites for hydroxylation is 1. The van der Waals surface area contributed by atoms with Crippen molar-refractivity contribution in [1.82, 2.24) is 5.43 Å². The summed E-state index contributed by atoms with van der Waals surface area (Å²) in [7, 11) is 0. The Morgan fingerprint density at radius 1 is 1.56 bits per heavy atom. The molecule has 0 amide bonds. The van der Waals surface area contributed by atoms with Crippen LogP contribution in [0.4, 0.5) is 4.39 Å². The molecule has 0 heterocycles. The van der Waals surface area contributed by atoms with Gasteiger partial charge < -0.3 is 0 Å². The fourth-order valence-electron chi connectivity index (χ4n) is 1.67. The minimum atomic E-state index is -0.228. The van der Waals surface area contributed by atoms with Crippen molar-refractivity contribution in [3.8, 4) is 12.3 Å². The van der Waals surface area contributed by atoms with E-state index >= 15 is 0 Å². The third kappa shape index (κ3) is 3.34. The van der Waals surface area contributed by atoms with Crippen molar-refractivity contribution < 1.29 is 4.39 Å². The van der Waals surface area contributed by atoms with Gasteiger partial charge in [-0.1, -0.05) is 17.7 Å². The number of terminal acetylenes is 1. The molecular formula is C13H17FN2. The highest BCUT2D eigenvalue weighted by Crippen LogP contribution is 2.22. The molecule has 0 fully saturated rings. The first-order chi connectivity index (χ1) is 7.69. The number of unbranched alkanes of at least 4 members (excludes halogenated alkanes) is 1. The van der Waals surface area contributed by atoms with Gasteiger partial charge in [0.1, 0.15) is 5.82 Å². The molecule has 2 nitrogen and oxygen atoms in total. The van der Waals surface area contributed by atoms with Crippen molar-refractivity contribution in [3.63, 3.8) is 0 Å². The minimum Gasteiger partial charge on any atom is -0.271 e. The first-order valence-electron chi connectivity index (χ1n) is 5.34. The third-order valence-corrected chi connectivity index (χ3v) is 2.54. The lowest BCUT2D eigenvalue weighted by Gasteiger charge is -2.17. The second kappa shape index (κ2) is 6.26. The van der Waals surface area contributed by atoms with Crippen LogP contribution in [-0.2, 0) is 0 Å². The van der Waals surface area contributed by atoms with E-state index in [1.54, 1.807) is 6.07 Å². The second-order valence-electron chi connectivity index (χ2n) is 3.84. The quantitative estimate of drug-likeness (QED) is 0.346. The summed E-state index contributed by atoms with van der Waals surface area (Å²) in [4.78, 5) is 0. The summed E-state index contributed by atoms with van der Waals surface area (Å²) in [5.74, 6) is 7.77. The normalized spacial score (nSPS) is 12.1. The zero-order chi connectivity index (χ0) is 12.0. The van der Waals surface area contributed by atoms with E-state index in [0.29, 0.717) is 12.0 Å². The summed E-state index contributed by atoms with van der Waals surface area (Å²) in [6, 6.07) is 4.85. The lowest BCUT2D eigenvalue weighted by molar-refractivity contribution is 0.475. The number of benzene rings is 1. The topological polar surface area (TPSA) is 38.0 Å². The number of halogens is 1. The molecule has 1 aromatic rings. The molecule has 16 heavy (non-hydrogen) atoms. The van der Waals surface area contributed by atoms with Crippen molar-refractivity contribution in [2.24, 2.45) is 5.84 Å². The van der Waals surface area contributed by atoms with Gasteiger partial charge >= 0.3 is 0 Å². The van der Waals surface area contributed by atoms with Gasteiger partial charge in [0.15, 0.2) is 0 Å². The van der Waals surface area contributed by atoms with Crippen LogP contribution in [0, 0.1) is 25.1 Å². The van der Waals surface area contributed by atoms with E-state index in [1.165, 1.54) is 6.07 Å². The molecule has 86 valence electrons. The van der Waals surface area contributed by atoms with Crippen molar-refractivity contribution in [2.45, 2.75) is 32.2 Å². The maximum Gasteiger partial charge on any atom is 0.128 e. The van der Waals surface area contributed by atoms with Gasteiger partial charge in [0, 0.05) is 18.0 Å². The third-order valence-electron chi connectivity index (χ3n) is 2.54. The van der Waals surface area contributed by atoms with Gasteiger partial charge in [-0.3, -0.25) is 11.3 Å². The molecule has 0 aliphatic rings. The van der Waals surface area contributed by atoms with Gasteiger partial charge in [0.2, 0.25) is 0 Å². The van der Waals surface area contributed by atoms with Crippen LogP contribution in [0.15, 0.2) is 18.2 Å². The predicted octanol–water partition coefficient (Wildman–Crippen LogP) is 2.44. The summed E-state index contributed by atoms with van der Waals surface area (Å²) in [5, 5.41) is 0. The van der Waals surface area contributed by atoms with Gasteiger partial charge in [0.25, 0.3) is 0 Å². The number of hydrogen-bond acceptors (Lipinski definition) is 2. The van der Waals surface area contributed by atoms with Crippen molar-refractivity contribution in [2.75, 3.05) is 0 Å². The van der Waals surface area contributed by atoms with E-state index in [-0.39, 0.29) is 11.9 Å². The first kappa shape index (κ1) is 12.7. The molecule has 0 saturated carbocycles. The van der Waals surface area contributed by atoms with E-state index in [4.69, 9.17) is 12.3 Å². The van der Waals surface area contributed by atoms with Gasteiger partial charge in [-0.15, -0.1) is 12.3 Å². The standard InChI is InChI=1S/C13H17FN2/c1-3-4-5-6-13(16-15)11-9-10(2)7-8-12(11)14/h1,7-9,13,16H,4-6,15H2,2H3. The van der Waals surface area contributed by atoms with Gasteiger partial charge in [-0.2, -0.15) is 0 Å². The lowest BCUT2D eigenvalue weighted by atomic mass is 9.99. The van der Waals surface area contributed by atoms with E-state index in [9.17, 15) is 4.39 Å². The molecule has 3 N–H and O–H groups in total. The van der Waals surface area contributed by atoms with E-state index in [2.05, 4.69) is 11.3 Å². The largest absolute Gasteiger partial charge is 0.271 e. The molecule has 0 aromatic heterocycles. The number of hydrogen-bond donors (Lipinski definition) is 2.